The molecule has 0 bridgehead atoms. The lowest BCUT2D eigenvalue weighted by molar-refractivity contribution is 0.590. The van der Waals surface area contributed by atoms with Crippen molar-refractivity contribution in [3.05, 3.63) is 162 Å². The van der Waals surface area contributed by atoms with Crippen LogP contribution in [-0.2, 0) is 10.8 Å². The molecule has 0 aliphatic carbocycles. The van der Waals surface area contributed by atoms with Gasteiger partial charge in [0.1, 0.15) is 22.4 Å². The van der Waals surface area contributed by atoms with E-state index < -0.39 is 0 Å². The summed E-state index contributed by atoms with van der Waals surface area (Å²) in [4.78, 5) is 5.09. The Balaban J connectivity index is 1.29. The van der Waals surface area contributed by atoms with E-state index in [1.165, 1.54) is 55.8 Å². The Kier molecular flexibility index (Phi) is 6.17. The summed E-state index contributed by atoms with van der Waals surface area (Å²) >= 11 is 0. The second-order valence-corrected chi connectivity index (χ2v) is 17.3. The van der Waals surface area contributed by atoms with Crippen LogP contribution in [0.1, 0.15) is 51.3 Å². The van der Waals surface area contributed by atoms with Crippen LogP contribution in [0.3, 0.4) is 0 Å². The maximum absolute atomic E-state index is 7.27. The lowest BCUT2D eigenvalue weighted by Crippen LogP contribution is -2.62. The molecule has 0 saturated heterocycles. The van der Waals surface area contributed by atoms with Crippen LogP contribution >= 0.6 is 0 Å². The largest absolute Gasteiger partial charge is 0.466 e. The van der Waals surface area contributed by atoms with Crippen LogP contribution in [0.5, 0.6) is 0 Å². The van der Waals surface area contributed by atoms with Gasteiger partial charge in [-0.25, -0.2) is 0 Å². The van der Waals surface area contributed by atoms with Gasteiger partial charge >= 0.3 is 6.85 Å². The molecule has 5 heterocycles. The first kappa shape index (κ1) is 31.9. The van der Waals surface area contributed by atoms with Gasteiger partial charge in [0.25, 0.3) is 0 Å². The number of anilines is 5. The molecule has 0 spiro atoms. The fourth-order valence-corrected chi connectivity index (χ4v) is 10.1. The van der Waals surface area contributed by atoms with Gasteiger partial charge in [-0.05, 0) is 75.1 Å². The Morgan fingerprint density at radius 3 is 2.05 bits per heavy atom. The lowest BCUT2D eigenvalue weighted by Gasteiger charge is -2.50. The average molecular weight is 723 g/mol. The molecule has 268 valence electrons. The van der Waals surface area contributed by atoms with E-state index in [1.807, 2.05) is 0 Å². The van der Waals surface area contributed by atoms with E-state index in [0.717, 1.165) is 55.6 Å². The molecular weight excluding hydrogens is 683 g/mol. The molecule has 2 aromatic heterocycles. The van der Waals surface area contributed by atoms with Crippen molar-refractivity contribution in [2.24, 2.45) is 0 Å². The van der Waals surface area contributed by atoms with E-state index in [0.29, 0.717) is 0 Å². The summed E-state index contributed by atoms with van der Waals surface area (Å²) < 4.78 is 14.2. The van der Waals surface area contributed by atoms with Gasteiger partial charge in [0, 0.05) is 55.8 Å². The van der Waals surface area contributed by atoms with Gasteiger partial charge in [-0.15, -0.1) is 0 Å². The minimum absolute atomic E-state index is 0.0360. The minimum atomic E-state index is -0.239. The number of fused-ring (bicyclic) bond motifs is 12. The van der Waals surface area contributed by atoms with Crippen LogP contribution in [-0.4, -0.2) is 6.85 Å². The van der Waals surface area contributed by atoms with Gasteiger partial charge in [-0.1, -0.05) is 138 Å². The summed E-state index contributed by atoms with van der Waals surface area (Å²) in [5.41, 5.74) is 19.0. The van der Waals surface area contributed by atoms with Crippen LogP contribution in [0.25, 0.3) is 55.2 Å². The van der Waals surface area contributed by atoms with E-state index in [1.54, 1.807) is 0 Å². The Labute approximate surface area is 326 Å². The Morgan fingerprint density at radius 1 is 0.554 bits per heavy atom. The molecule has 0 fully saturated rings. The summed E-state index contributed by atoms with van der Waals surface area (Å²) in [6, 6.07) is 53.1. The fraction of sp³-hybridized carbons (Fsp3) is 0.137. The predicted octanol–water partition coefficient (Wildman–Crippen LogP) is 12.6. The highest BCUT2D eigenvalue weighted by Crippen LogP contribution is 2.58. The standard InChI is InChI=1S/C51H39BN2O2/c1-50(2,3)31-26-27-38(35(28-31)30-16-7-6-8-17-30)53-40-29-43-44(32-18-9-13-24-41(32)55-43)45-34-20-15-22-37-47(34)54(39-23-12-11-21-36(39)51(37,4)5)52(46(40)45)49-48(53)33-19-10-14-25-42(33)56-49/h6-29H,1-5H3. The zero-order chi connectivity index (χ0) is 37.7. The predicted molar refractivity (Wildman–Crippen MR) is 233 cm³/mol. The highest BCUT2D eigenvalue weighted by Gasteiger charge is 2.53. The first-order valence-corrected chi connectivity index (χ1v) is 19.7. The molecule has 3 aliphatic heterocycles. The zero-order valence-corrected chi connectivity index (χ0v) is 32.1. The van der Waals surface area contributed by atoms with Crippen LogP contribution < -0.4 is 20.8 Å². The van der Waals surface area contributed by atoms with E-state index in [-0.39, 0.29) is 17.7 Å². The SMILES string of the molecule is CC(C)(C)c1ccc(N2c3cc4oc5ccccc5c4c4c3B(c3oc5ccccc5c32)N2c3ccccc3C(C)(C)c3cccc-4c32)c(-c2ccccc2)c1. The summed E-state index contributed by atoms with van der Waals surface area (Å²) in [5.74, 6) is 0. The highest BCUT2D eigenvalue weighted by molar-refractivity contribution is 6.93. The molecule has 9 aromatic rings. The maximum atomic E-state index is 7.27. The summed E-state index contributed by atoms with van der Waals surface area (Å²) in [6.07, 6.45) is 0. The molecule has 0 amide bonds. The first-order chi connectivity index (χ1) is 27.2. The molecule has 0 unspecified atom stereocenters. The van der Waals surface area contributed by atoms with Crippen LogP contribution in [0.2, 0.25) is 0 Å². The number of furan rings is 2. The highest BCUT2D eigenvalue weighted by atomic mass is 16.3. The van der Waals surface area contributed by atoms with Crippen molar-refractivity contribution in [2.45, 2.75) is 45.4 Å². The molecule has 5 heteroatoms. The Bertz CT molecular complexity index is 3130. The van der Waals surface area contributed by atoms with Crippen molar-refractivity contribution in [3.63, 3.8) is 0 Å². The van der Waals surface area contributed by atoms with Crippen molar-refractivity contribution in [1.82, 2.24) is 0 Å². The van der Waals surface area contributed by atoms with Gasteiger partial charge in [0.15, 0.2) is 0 Å². The topological polar surface area (TPSA) is 32.8 Å². The third kappa shape index (κ3) is 4.05. The second-order valence-electron chi connectivity index (χ2n) is 17.3. The number of hydrogen-bond donors (Lipinski definition) is 0. The van der Waals surface area contributed by atoms with E-state index in [4.69, 9.17) is 8.83 Å². The van der Waals surface area contributed by atoms with Crippen LogP contribution in [0.4, 0.5) is 28.4 Å². The molecule has 4 nitrogen and oxygen atoms in total. The molecule has 7 aromatic carbocycles. The van der Waals surface area contributed by atoms with E-state index in [2.05, 4.69) is 190 Å². The van der Waals surface area contributed by atoms with E-state index in [9.17, 15) is 0 Å². The summed E-state index contributed by atoms with van der Waals surface area (Å²) in [7, 11) is 0. The maximum Gasteiger partial charge on any atom is 0.375 e. The van der Waals surface area contributed by atoms with E-state index >= 15 is 0 Å². The Morgan fingerprint density at radius 2 is 1.25 bits per heavy atom. The zero-order valence-electron chi connectivity index (χ0n) is 32.1. The third-order valence-corrected chi connectivity index (χ3v) is 12.8. The number of hydrogen-bond acceptors (Lipinski definition) is 4. The van der Waals surface area contributed by atoms with Crippen molar-refractivity contribution in [2.75, 3.05) is 9.71 Å². The number of rotatable bonds is 2. The molecule has 0 radical (unpaired) electrons. The van der Waals surface area contributed by atoms with Gasteiger partial charge < -0.3 is 18.5 Å². The monoisotopic (exact) mass is 722 g/mol. The third-order valence-electron chi connectivity index (χ3n) is 12.8. The molecule has 56 heavy (non-hydrogen) atoms. The minimum Gasteiger partial charge on any atom is -0.466 e. The van der Waals surface area contributed by atoms with Crippen molar-refractivity contribution in [3.8, 4) is 22.3 Å². The second kappa shape index (κ2) is 10.9. The normalized spacial score (nSPS) is 14.9. The molecule has 3 aliphatic rings. The average Bonchev–Trinajstić information content (AvgIpc) is 3.79. The van der Waals surface area contributed by atoms with Crippen LogP contribution in [0, 0.1) is 0 Å². The van der Waals surface area contributed by atoms with Gasteiger partial charge in [0.2, 0.25) is 0 Å². The fourth-order valence-electron chi connectivity index (χ4n) is 10.1. The molecule has 0 saturated carbocycles. The van der Waals surface area contributed by atoms with Gasteiger partial charge in [-0.3, -0.25) is 0 Å². The Hall–Kier alpha value is -6.46. The van der Waals surface area contributed by atoms with Gasteiger partial charge in [-0.2, -0.15) is 0 Å². The smallest absolute Gasteiger partial charge is 0.375 e. The number of nitrogens with zero attached hydrogens (tertiary/aromatic N) is 2. The van der Waals surface area contributed by atoms with Crippen molar-refractivity contribution in [1.29, 1.82) is 0 Å². The summed E-state index contributed by atoms with van der Waals surface area (Å²) in [6.45, 7) is 11.4. The first-order valence-electron chi connectivity index (χ1n) is 19.7. The molecule has 0 N–H and O–H groups in total. The number of benzene rings is 7. The lowest BCUT2D eigenvalue weighted by atomic mass is 9.44. The molecule has 0 atom stereocenters. The van der Waals surface area contributed by atoms with Crippen molar-refractivity contribution >= 4 is 79.3 Å². The van der Waals surface area contributed by atoms with Crippen LogP contribution in [0.15, 0.2) is 154 Å². The van der Waals surface area contributed by atoms with Gasteiger partial charge in [0.05, 0.1) is 11.4 Å². The molecular formula is C51H39BN2O2. The van der Waals surface area contributed by atoms with Crippen molar-refractivity contribution < 1.29 is 8.83 Å². The quantitative estimate of drug-likeness (QED) is 0.166. The molecule has 12 rings (SSSR count). The summed E-state index contributed by atoms with van der Waals surface area (Å²) in [5, 5.41) is 3.37. The number of para-hydroxylation sites is 4.